The summed E-state index contributed by atoms with van der Waals surface area (Å²) in [6.07, 6.45) is 3.73. The zero-order chi connectivity index (χ0) is 16.2. The second-order valence-corrected chi connectivity index (χ2v) is 5.83. The fraction of sp³-hybridized carbons (Fsp3) is 0.412. The molecule has 0 saturated carbocycles. The molecule has 1 aromatic heterocycles. The molecule has 1 aliphatic rings. The zero-order valence-corrected chi connectivity index (χ0v) is 13.6. The van der Waals surface area contributed by atoms with Crippen molar-refractivity contribution in [3.05, 3.63) is 48.5 Å². The number of ether oxygens (including phenoxy) is 1. The normalized spacial score (nSPS) is 18.9. The Kier molecular flexibility index (Phi) is 4.62. The first-order chi connectivity index (χ1) is 11.1. The number of hydrogen-bond donors (Lipinski definition) is 0. The molecule has 1 atom stereocenters. The molecule has 122 valence electrons. The van der Waals surface area contributed by atoms with Gasteiger partial charge in [-0.3, -0.25) is 9.69 Å². The van der Waals surface area contributed by atoms with Crippen LogP contribution < -0.4 is 4.74 Å². The number of benzene rings is 1. The van der Waals surface area contributed by atoms with Gasteiger partial charge in [-0.2, -0.15) is 0 Å². The van der Waals surface area contributed by atoms with Crippen LogP contribution in [0.1, 0.15) is 11.9 Å². The smallest absolute Gasteiger partial charge is 0.260 e. The molecule has 1 amide bonds. The monoisotopic (exact) mass is 314 g/mol. The number of para-hydroxylation sites is 1. The first-order valence-electron chi connectivity index (χ1n) is 7.78. The van der Waals surface area contributed by atoms with Gasteiger partial charge in [0.05, 0.1) is 6.04 Å². The molecule has 2 aromatic rings. The Morgan fingerprint density at radius 3 is 2.74 bits per heavy atom. The zero-order valence-electron chi connectivity index (χ0n) is 13.6. The van der Waals surface area contributed by atoms with E-state index in [0.717, 1.165) is 18.1 Å². The predicted molar refractivity (Wildman–Crippen MR) is 87.1 cm³/mol. The van der Waals surface area contributed by atoms with Gasteiger partial charge in [-0.15, -0.1) is 0 Å². The summed E-state index contributed by atoms with van der Waals surface area (Å²) >= 11 is 0. The molecule has 1 unspecified atom stereocenters. The van der Waals surface area contributed by atoms with Crippen LogP contribution in [0.3, 0.4) is 0 Å². The van der Waals surface area contributed by atoms with Crippen LogP contribution in [0.4, 0.5) is 0 Å². The van der Waals surface area contributed by atoms with Gasteiger partial charge >= 0.3 is 0 Å². The van der Waals surface area contributed by atoms with Crippen LogP contribution in [-0.2, 0) is 11.8 Å². The van der Waals surface area contributed by atoms with Crippen LogP contribution in [0.5, 0.6) is 5.75 Å². The Labute approximate surface area is 136 Å². The van der Waals surface area contributed by atoms with Crippen LogP contribution >= 0.6 is 0 Å². The van der Waals surface area contributed by atoms with Crippen LogP contribution in [0, 0.1) is 0 Å². The van der Waals surface area contributed by atoms with Crippen LogP contribution in [0.15, 0.2) is 42.7 Å². The predicted octanol–water partition coefficient (Wildman–Crippen LogP) is 1.31. The van der Waals surface area contributed by atoms with Crippen LogP contribution in [-0.4, -0.2) is 58.5 Å². The maximum atomic E-state index is 12.4. The number of carbonyl (C=O) groups excluding carboxylic acids is 1. The van der Waals surface area contributed by atoms with E-state index in [4.69, 9.17) is 4.74 Å². The summed E-state index contributed by atoms with van der Waals surface area (Å²) in [5.74, 6) is 1.71. The third-order valence-corrected chi connectivity index (χ3v) is 4.26. The van der Waals surface area contributed by atoms with Gasteiger partial charge in [0.15, 0.2) is 6.61 Å². The van der Waals surface area contributed by atoms with Crippen molar-refractivity contribution in [2.45, 2.75) is 6.04 Å². The van der Waals surface area contributed by atoms with E-state index >= 15 is 0 Å². The Morgan fingerprint density at radius 2 is 2.04 bits per heavy atom. The van der Waals surface area contributed by atoms with E-state index < -0.39 is 0 Å². The lowest BCUT2D eigenvalue weighted by Crippen LogP contribution is -2.50. The van der Waals surface area contributed by atoms with Crippen molar-refractivity contribution in [2.75, 3.05) is 33.3 Å². The number of hydrogen-bond acceptors (Lipinski definition) is 4. The number of carbonyl (C=O) groups is 1. The van der Waals surface area contributed by atoms with Gasteiger partial charge in [0, 0.05) is 39.1 Å². The van der Waals surface area contributed by atoms with Crippen molar-refractivity contribution >= 4 is 5.91 Å². The van der Waals surface area contributed by atoms with Gasteiger partial charge in [-0.05, 0) is 19.2 Å². The van der Waals surface area contributed by atoms with Crippen LogP contribution in [0.2, 0.25) is 0 Å². The number of imidazole rings is 1. The molecule has 6 heteroatoms. The molecule has 2 heterocycles. The number of rotatable bonds is 4. The van der Waals surface area contributed by atoms with Gasteiger partial charge in [-0.1, -0.05) is 18.2 Å². The van der Waals surface area contributed by atoms with Gasteiger partial charge < -0.3 is 14.2 Å². The van der Waals surface area contributed by atoms with Gasteiger partial charge in [0.1, 0.15) is 11.6 Å². The molecule has 1 saturated heterocycles. The average Bonchev–Trinajstić information content (AvgIpc) is 3.00. The van der Waals surface area contributed by atoms with Crippen molar-refractivity contribution in [1.29, 1.82) is 0 Å². The van der Waals surface area contributed by atoms with E-state index in [1.54, 1.807) is 6.20 Å². The molecule has 3 rings (SSSR count). The molecule has 0 radical (unpaired) electrons. The number of piperazine rings is 1. The van der Waals surface area contributed by atoms with Crippen molar-refractivity contribution in [1.82, 2.24) is 19.4 Å². The van der Waals surface area contributed by atoms with Gasteiger partial charge in [0.25, 0.3) is 5.91 Å². The Hall–Kier alpha value is -2.34. The summed E-state index contributed by atoms with van der Waals surface area (Å²) in [6.45, 7) is 2.25. The lowest BCUT2D eigenvalue weighted by Gasteiger charge is -2.38. The number of amides is 1. The van der Waals surface area contributed by atoms with E-state index in [1.165, 1.54) is 0 Å². The Bertz CT molecular complexity index is 656. The summed E-state index contributed by atoms with van der Waals surface area (Å²) < 4.78 is 7.58. The third kappa shape index (κ3) is 3.53. The standard InChI is InChI=1S/C17H22N4O2/c1-19-10-11-21(12-15(19)17-18-8-9-20(17)2)16(22)13-23-14-6-4-3-5-7-14/h3-9,15H,10-13H2,1-2H3. The SMILES string of the molecule is CN1CCN(C(=O)COc2ccccc2)CC1c1nccn1C. The molecule has 1 aromatic carbocycles. The summed E-state index contributed by atoms with van der Waals surface area (Å²) in [7, 11) is 4.05. The lowest BCUT2D eigenvalue weighted by molar-refractivity contribution is -0.136. The highest BCUT2D eigenvalue weighted by atomic mass is 16.5. The lowest BCUT2D eigenvalue weighted by atomic mass is 10.1. The molecule has 0 N–H and O–H groups in total. The minimum Gasteiger partial charge on any atom is -0.484 e. The fourth-order valence-corrected chi connectivity index (χ4v) is 2.83. The summed E-state index contributed by atoms with van der Waals surface area (Å²) in [6, 6.07) is 9.54. The number of nitrogens with zero attached hydrogens (tertiary/aromatic N) is 4. The molecule has 23 heavy (non-hydrogen) atoms. The van der Waals surface area contributed by atoms with E-state index in [0.29, 0.717) is 13.1 Å². The second kappa shape index (κ2) is 6.83. The molecule has 0 aliphatic carbocycles. The first kappa shape index (κ1) is 15.6. The summed E-state index contributed by atoms with van der Waals surface area (Å²) in [5.41, 5.74) is 0. The van der Waals surface area contributed by atoms with Crippen molar-refractivity contribution in [3.63, 3.8) is 0 Å². The topological polar surface area (TPSA) is 50.6 Å². The van der Waals surface area contributed by atoms with E-state index in [9.17, 15) is 4.79 Å². The van der Waals surface area contributed by atoms with Crippen LogP contribution in [0.25, 0.3) is 0 Å². The van der Waals surface area contributed by atoms with Crippen molar-refractivity contribution in [2.24, 2.45) is 7.05 Å². The van der Waals surface area contributed by atoms with Gasteiger partial charge in [-0.25, -0.2) is 4.98 Å². The molecule has 0 bridgehead atoms. The Balaban J connectivity index is 1.62. The summed E-state index contributed by atoms with van der Waals surface area (Å²) in [4.78, 5) is 21.0. The van der Waals surface area contributed by atoms with Crippen molar-refractivity contribution in [3.8, 4) is 5.75 Å². The minimum atomic E-state index is 0.0150. The molecule has 6 nitrogen and oxygen atoms in total. The highest BCUT2D eigenvalue weighted by molar-refractivity contribution is 5.78. The van der Waals surface area contributed by atoms with Gasteiger partial charge in [0.2, 0.25) is 0 Å². The van der Waals surface area contributed by atoms with Crippen molar-refractivity contribution < 1.29 is 9.53 Å². The second-order valence-electron chi connectivity index (χ2n) is 5.83. The molecule has 1 fully saturated rings. The summed E-state index contributed by atoms with van der Waals surface area (Å²) in [5, 5.41) is 0. The first-order valence-corrected chi connectivity index (χ1v) is 7.78. The quantitative estimate of drug-likeness (QED) is 0.854. The highest BCUT2D eigenvalue weighted by Gasteiger charge is 2.30. The average molecular weight is 314 g/mol. The number of likely N-dealkylation sites (N-methyl/N-ethyl adjacent to an activating group) is 1. The van der Waals surface area contributed by atoms with E-state index in [1.807, 2.05) is 53.0 Å². The highest BCUT2D eigenvalue weighted by Crippen LogP contribution is 2.22. The minimum absolute atomic E-state index is 0.0150. The largest absolute Gasteiger partial charge is 0.484 e. The van der Waals surface area contributed by atoms with E-state index in [2.05, 4.69) is 16.9 Å². The molecule has 0 spiro atoms. The molecular weight excluding hydrogens is 292 g/mol. The fourth-order valence-electron chi connectivity index (χ4n) is 2.83. The van der Waals surface area contributed by atoms with E-state index in [-0.39, 0.29) is 18.6 Å². The molecular formula is C17H22N4O2. The third-order valence-electron chi connectivity index (χ3n) is 4.26. The maximum absolute atomic E-state index is 12.4. The molecule has 1 aliphatic heterocycles. The Morgan fingerprint density at radius 1 is 1.26 bits per heavy atom. The number of aromatic nitrogens is 2. The maximum Gasteiger partial charge on any atom is 0.260 e. The number of aryl methyl sites for hydroxylation is 1.